The van der Waals surface area contributed by atoms with Crippen molar-refractivity contribution >= 4 is 17.4 Å². The monoisotopic (exact) mass is 200 g/mol. The summed E-state index contributed by atoms with van der Waals surface area (Å²) in [6, 6.07) is 2.79. The van der Waals surface area contributed by atoms with E-state index in [1.165, 1.54) is 26.2 Å². The molecule has 1 rings (SSSR count). The lowest BCUT2D eigenvalue weighted by molar-refractivity contribution is 0.101. The van der Waals surface area contributed by atoms with Crippen molar-refractivity contribution in [2.24, 2.45) is 0 Å². The van der Waals surface area contributed by atoms with Crippen LogP contribution in [0.1, 0.15) is 17.3 Å². The smallest absolute Gasteiger partial charge is 0.167 e. The average Bonchev–Trinajstić information content (AvgIpc) is 2.01. The van der Waals surface area contributed by atoms with Crippen molar-refractivity contribution in [2.75, 3.05) is 7.11 Å². The highest BCUT2D eigenvalue weighted by molar-refractivity contribution is 6.31. The summed E-state index contributed by atoms with van der Waals surface area (Å²) >= 11 is 5.65. The molecule has 1 aromatic carbocycles. The van der Waals surface area contributed by atoms with Gasteiger partial charge in [0.05, 0.1) is 7.11 Å². The molecule has 0 aliphatic rings. The van der Waals surface area contributed by atoms with Gasteiger partial charge in [-0.15, -0.1) is 0 Å². The molecule has 0 atom stereocenters. The number of rotatable bonds is 2. The number of phenols is 1. The molecular formula is C9H9ClO3. The summed E-state index contributed by atoms with van der Waals surface area (Å²) in [6.07, 6.45) is 0. The van der Waals surface area contributed by atoms with Crippen LogP contribution in [0.2, 0.25) is 5.02 Å². The van der Waals surface area contributed by atoms with Crippen LogP contribution in [0.5, 0.6) is 11.5 Å². The molecule has 0 bridgehead atoms. The van der Waals surface area contributed by atoms with E-state index in [1.807, 2.05) is 0 Å². The van der Waals surface area contributed by atoms with E-state index in [9.17, 15) is 9.90 Å². The van der Waals surface area contributed by atoms with Crippen LogP contribution in [0.4, 0.5) is 0 Å². The minimum Gasteiger partial charge on any atom is -0.507 e. The van der Waals surface area contributed by atoms with Crippen LogP contribution in [0, 0.1) is 0 Å². The lowest BCUT2D eigenvalue weighted by atomic mass is 10.1. The van der Waals surface area contributed by atoms with Gasteiger partial charge in [0, 0.05) is 5.02 Å². The first kappa shape index (κ1) is 9.86. The van der Waals surface area contributed by atoms with E-state index in [0.717, 1.165) is 0 Å². The van der Waals surface area contributed by atoms with Gasteiger partial charge in [0.2, 0.25) is 0 Å². The van der Waals surface area contributed by atoms with Crippen molar-refractivity contribution in [3.63, 3.8) is 0 Å². The molecule has 3 nitrogen and oxygen atoms in total. The summed E-state index contributed by atoms with van der Waals surface area (Å²) in [7, 11) is 1.41. The highest BCUT2D eigenvalue weighted by Gasteiger charge is 2.14. The number of phenolic OH excluding ortho intramolecular Hbond substituents is 1. The summed E-state index contributed by atoms with van der Waals surface area (Å²) in [4.78, 5) is 11.1. The molecule has 0 aliphatic heterocycles. The molecule has 1 N–H and O–H groups in total. The Morgan fingerprint density at radius 1 is 1.54 bits per heavy atom. The van der Waals surface area contributed by atoms with Crippen LogP contribution in [0.15, 0.2) is 12.1 Å². The summed E-state index contributed by atoms with van der Waals surface area (Å²) in [6.45, 7) is 1.35. The molecule has 0 aliphatic carbocycles. The van der Waals surface area contributed by atoms with Gasteiger partial charge >= 0.3 is 0 Å². The first-order valence-corrected chi connectivity index (χ1v) is 4.01. The maximum atomic E-state index is 11.1. The normalized spacial score (nSPS) is 9.77. The molecule has 0 heterocycles. The number of carbonyl (C=O) groups excluding carboxylic acids is 1. The zero-order valence-electron chi connectivity index (χ0n) is 7.30. The van der Waals surface area contributed by atoms with Gasteiger partial charge in [-0.25, -0.2) is 0 Å². The molecular weight excluding hydrogens is 192 g/mol. The highest BCUT2D eigenvalue weighted by atomic mass is 35.5. The molecule has 1 aromatic rings. The molecule has 0 saturated carbocycles. The van der Waals surface area contributed by atoms with Crippen molar-refractivity contribution in [2.45, 2.75) is 6.92 Å². The zero-order valence-corrected chi connectivity index (χ0v) is 8.05. The van der Waals surface area contributed by atoms with E-state index >= 15 is 0 Å². The fourth-order valence-corrected chi connectivity index (χ4v) is 1.29. The number of aromatic hydroxyl groups is 1. The van der Waals surface area contributed by atoms with Crippen molar-refractivity contribution in [1.82, 2.24) is 0 Å². The third kappa shape index (κ3) is 1.92. The Kier molecular flexibility index (Phi) is 2.78. The maximum Gasteiger partial charge on any atom is 0.167 e. The number of benzene rings is 1. The zero-order chi connectivity index (χ0) is 10.0. The van der Waals surface area contributed by atoms with E-state index in [2.05, 4.69) is 0 Å². The summed E-state index contributed by atoms with van der Waals surface area (Å²) < 4.78 is 4.90. The topological polar surface area (TPSA) is 46.5 Å². The van der Waals surface area contributed by atoms with E-state index in [4.69, 9.17) is 16.3 Å². The van der Waals surface area contributed by atoms with Gasteiger partial charge in [0.15, 0.2) is 5.78 Å². The van der Waals surface area contributed by atoms with Gasteiger partial charge in [0.25, 0.3) is 0 Å². The number of halogens is 1. The second-order valence-corrected chi connectivity index (χ2v) is 2.99. The maximum absolute atomic E-state index is 11.1. The average molecular weight is 201 g/mol. The Morgan fingerprint density at radius 2 is 2.15 bits per heavy atom. The second kappa shape index (κ2) is 3.66. The van der Waals surface area contributed by atoms with Crippen LogP contribution in [0.25, 0.3) is 0 Å². The fourth-order valence-electron chi connectivity index (χ4n) is 1.08. The summed E-state index contributed by atoms with van der Waals surface area (Å²) in [5.74, 6) is -0.125. The first-order valence-electron chi connectivity index (χ1n) is 3.63. The standard InChI is InChI=1S/C9H9ClO3/c1-5(11)9-7(12)3-6(10)4-8(9)13-2/h3-4,12H,1-2H3. The largest absolute Gasteiger partial charge is 0.507 e. The van der Waals surface area contributed by atoms with Gasteiger partial charge in [-0.3, -0.25) is 4.79 Å². The minimum absolute atomic E-state index is 0.156. The molecule has 4 heteroatoms. The van der Waals surface area contributed by atoms with Crippen LogP contribution in [-0.4, -0.2) is 18.0 Å². The number of Topliss-reactive ketones (excluding diaryl/α,β-unsaturated/α-hetero) is 1. The predicted molar refractivity (Wildman–Crippen MR) is 49.7 cm³/mol. The lowest BCUT2D eigenvalue weighted by Gasteiger charge is -2.07. The molecule has 0 spiro atoms. The summed E-state index contributed by atoms with van der Waals surface area (Å²) in [5, 5.41) is 9.72. The van der Waals surface area contributed by atoms with E-state index in [0.29, 0.717) is 5.02 Å². The molecule has 70 valence electrons. The third-order valence-electron chi connectivity index (χ3n) is 1.62. The Labute approximate surface area is 80.9 Å². The molecule has 0 radical (unpaired) electrons. The first-order chi connectivity index (χ1) is 6.06. The summed E-state index contributed by atoms with van der Waals surface area (Å²) in [5.41, 5.74) is 0.159. The Hall–Kier alpha value is -1.22. The Morgan fingerprint density at radius 3 is 2.62 bits per heavy atom. The predicted octanol–water partition coefficient (Wildman–Crippen LogP) is 2.26. The lowest BCUT2D eigenvalue weighted by Crippen LogP contribution is -1.97. The number of ether oxygens (including phenoxy) is 1. The Balaban J connectivity index is 3.38. The van der Waals surface area contributed by atoms with Crippen molar-refractivity contribution in [1.29, 1.82) is 0 Å². The van der Waals surface area contributed by atoms with Crippen LogP contribution in [0.3, 0.4) is 0 Å². The second-order valence-electron chi connectivity index (χ2n) is 2.56. The van der Waals surface area contributed by atoms with Crippen molar-refractivity contribution < 1.29 is 14.6 Å². The number of carbonyl (C=O) groups is 1. The molecule has 0 fully saturated rings. The SMILES string of the molecule is COc1cc(Cl)cc(O)c1C(C)=O. The van der Waals surface area contributed by atoms with Gasteiger partial charge < -0.3 is 9.84 Å². The van der Waals surface area contributed by atoms with Crippen LogP contribution < -0.4 is 4.74 Å². The highest BCUT2D eigenvalue weighted by Crippen LogP contribution is 2.31. The molecule has 13 heavy (non-hydrogen) atoms. The molecule has 0 aromatic heterocycles. The van der Waals surface area contributed by atoms with Crippen molar-refractivity contribution in [3.05, 3.63) is 22.7 Å². The number of ketones is 1. The van der Waals surface area contributed by atoms with E-state index < -0.39 is 0 Å². The molecule has 0 unspecified atom stereocenters. The molecule has 0 saturated heterocycles. The quantitative estimate of drug-likeness (QED) is 0.745. The van der Waals surface area contributed by atoms with Gasteiger partial charge in [-0.1, -0.05) is 11.6 Å². The number of methoxy groups -OCH3 is 1. The fraction of sp³-hybridized carbons (Fsp3) is 0.222. The number of hydrogen-bond donors (Lipinski definition) is 1. The van der Waals surface area contributed by atoms with Gasteiger partial charge in [0.1, 0.15) is 17.1 Å². The molecule has 0 amide bonds. The van der Waals surface area contributed by atoms with Crippen molar-refractivity contribution in [3.8, 4) is 11.5 Å². The van der Waals surface area contributed by atoms with E-state index in [1.54, 1.807) is 0 Å². The van der Waals surface area contributed by atoms with E-state index in [-0.39, 0.29) is 22.8 Å². The van der Waals surface area contributed by atoms with Crippen LogP contribution in [-0.2, 0) is 0 Å². The third-order valence-corrected chi connectivity index (χ3v) is 1.84. The Bertz CT molecular complexity index is 347. The minimum atomic E-state index is -0.258. The van der Waals surface area contributed by atoms with Gasteiger partial charge in [-0.05, 0) is 19.1 Å². The van der Waals surface area contributed by atoms with Gasteiger partial charge in [-0.2, -0.15) is 0 Å². The number of hydrogen-bond acceptors (Lipinski definition) is 3. The van der Waals surface area contributed by atoms with Crippen LogP contribution >= 0.6 is 11.6 Å².